The van der Waals surface area contributed by atoms with E-state index in [9.17, 15) is 4.79 Å². The Morgan fingerprint density at radius 1 is 1.39 bits per heavy atom. The standard InChI is InChI=1S/C14H20N2O.ClH/c1-14(15,12-5-3-2-4-6-12)13(17)16-10-9-11-7-8-11;/h2-6,11H,7-10,15H2,1H3,(H,16,17);1H. The molecular weight excluding hydrogens is 248 g/mol. The van der Waals surface area contributed by atoms with E-state index in [2.05, 4.69) is 5.32 Å². The minimum atomic E-state index is -0.940. The van der Waals surface area contributed by atoms with Gasteiger partial charge in [-0.2, -0.15) is 0 Å². The van der Waals surface area contributed by atoms with Gasteiger partial charge in [0, 0.05) is 6.54 Å². The smallest absolute Gasteiger partial charge is 0.244 e. The summed E-state index contributed by atoms with van der Waals surface area (Å²) in [6.45, 7) is 2.50. The first kappa shape index (κ1) is 15.0. The average molecular weight is 269 g/mol. The van der Waals surface area contributed by atoms with E-state index in [-0.39, 0.29) is 18.3 Å². The summed E-state index contributed by atoms with van der Waals surface area (Å²) in [5.41, 5.74) is 6.01. The van der Waals surface area contributed by atoms with Gasteiger partial charge in [-0.3, -0.25) is 4.79 Å². The fourth-order valence-corrected chi connectivity index (χ4v) is 1.90. The van der Waals surface area contributed by atoms with Gasteiger partial charge in [-0.1, -0.05) is 43.2 Å². The van der Waals surface area contributed by atoms with Crippen LogP contribution in [0.1, 0.15) is 31.7 Å². The van der Waals surface area contributed by atoms with Crippen LogP contribution in [0.15, 0.2) is 30.3 Å². The molecule has 1 unspecified atom stereocenters. The zero-order valence-electron chi connectivity index (χ0n) is 10.7. The van der Waals surface area contributed by atoms with E-state index in [1.807, 2.05) is 30.3 Å². The average Bonchev–Trinajstić information content (AvgIpc) is 3.14. The molecule has 4 heteroatoms. The first-order chi connectivity index (χ1) is 8.10. The van der Waals surface area contributed by atoms with Gasteiger partial charge in [0.05, 0.1) is 0 Å². The number of benzene rings is 1. The van der Waals surface area contributed by atoms with E-state index in [1.54, 1.807) is 6.92 Å². The van der Waals surface area contributed by atoms with Crippen LogP contribution in [0.5, 0.6) is 0 Å². The van der Waals surface area contributed by atoms with Crippen molar-refractivity contribution < 1.29 is 4.79 Å². The molecule has 1 saturated carbocycles. The molecule has 1 fully saturated rings. The van der Waals surface area contributed by atoms with Crippen molar-refractivity contribution in [2.75, 3.05) is 6.54 Å². The van der Waals surface area contributed by atoms with Gasteiger partial charge in [0.25, 0.3) is 0 Å². The summed E-state index contributed by atoms with van der Waals surface area (Å²) in [5.74, 6) is 0.736. The van der Waals surface area contributed by atoms with Crippen LogP contribution in [-0.2, 0) is 10.3 Å². The maximum atomic E-state index is 12.0. The van der Waals surface area contributed by atoms with E-state index in [4.69, 9.17) is 5.73 Å². The normalized spacial score (nSPS) is 17.4. The van der Waals surface area contributed by atoms with Crippen LogP contribution < -0.4 is 11.1 Å². The molecule has 1 atom stereocenters. The first-order valence-corrected chi connectivity index (χ1v) is 6.23. The number of carbonyl (C=O) groups excluding carboxylic acids is 1. The van der Waals surface area contributed by atoms with Crippen molar-refractivity contribution in [3.8, 4) is 0 Å². The molecule has 1 aliphatic rings. The molecule has 1 aliphatic carbocycles. The molecule has 100 valence electrons. The lowest BCUT2D eigenvalue weighted by molar-refractivity contribution is -0.126. The monoisotopic (exact) mass is 268 g/mol. The molecule has 1 amide bonds. The van der Waals surface area contributed by atoms with Gasteiger partial charge < -0.3 is 11.1 Å². The third kappa shape index (κ3) is 3.72. The summed E-state index contributed by atoms with van der Waals surface area (Å²) < 4.78 is 0. The second-order valence-corrected chi connectivity index (χ2v) is 5.06. The van der Waals surface area contributed by atoms with Crippen molar-refractivity contribution in [2.45, 2.75) is 31.7 Å². The maximum absolute atomic E-state index is 12.0. The Morgan fingerprint density at radius 2 is 2.00 bits per heavy atom. The molecule has 3 nitrogen and oxygen atoms in total. The fourth-order valence-electron chi connectivity index (χ4n) is 1.90. The summed E-state index contributed by atoms with van der Waals surface area (Å²) in [7, 11) is 0. The Kier molecular flexibility index (Phi) is 5.17. The van der Waals surface area contributed by atoms with E-state index in [0.29, 0.717) is 0 Å². The Balaban J connectivity index is 0.00000162. The molecule has 0 spiro atoms. The summed E-state index contributed by atoms with van der Waals surface area (Å²) >= 11 is 0. The molecule has 1 aromatic carbocycles. The summed E-state index contributed by atoms with van der Waals surface area (Å²) in [5, 5.41) is 2.93. The van der Waals surface area contributed by atoms with Gasteiger partial charge in [-0.05, 0) is 24.8 Å². The quantitative estimate of drug-likeness (QED) is 0.860. The minimum absolute atomic E-state index is 0. The van der Waals surface area contributed by atoms with Crippen LogP contribution in [-0.4, -0.2) is 12.5 Å². The first-order valence-electron chi connectivity index (χ1n) is 6.23. The van der Waals surface area contributed by atoms with Crippen LogP contribution >= 0.6 is 12.4 Å². The Hall–Kier alpha value is -1.06. The molecule has 0 aromatic heterocycles. The summed E-state index contributed by atoms with van der Waals surface area (Å²) in [6, 6.07) is 9.50. The summed E-state index contributed by atoms with van der Waals surface area (Å²) in [6.07, 6.45) is 3.71. The number of nitrogens with one attached hydrogen (secondary N) is 1. The number of rotatable bonds is 5. The fraction of sp³-hybridized carbons (Fsp3) is 0.500. The van der Waals surface area contributed by atoms with Crippen molar-refractivity contribution >= 4 is 18.3 Å². The SMILES string of the molecule is CC(N)(C(=O)NCCC1CC1)c1ccccc1.Cl. The Bertz CT molecular complexity index is 388. The van der Waals surface area contributed by atoms with Crippen LogP contribution in [0.4, 0.5) is 0 Å². The molecule has 3 N–H and O–H groups in total. The van der Waals surface area contributed by atoms with E-state index < -0.39 is 5.54 Å². The zero-order valence-corrected chi connectivity index (χ0v) is 11.5. The Morgan fingerprint density at radius 3 is 2.56 bits per heavy atom. The number of nitrogens with two attached hydrogens (primary N) is 1. The van der Waals surface area contributed by atoms with Crippen molar-refractivity contribution in [1.29, 1.82) is 0 Å². The highest BCUT2D eigenvalue weighted by atomic mass is 35.5. The lowest BCUT2D eigenvalue weighted by Crippen LogP contribution is -2.49. The molecule has 0 heterocycles. The van der Waals surface area contributed by atoms with Gasteiger partial charge in [0.15, 0.2) is 0 Å². The second kappa shape index (κ2) is 6.21. The zero-order chi connectivity index (χ0) is 12.3. The van der Waals surface area contributed by atoms with Crippen molar-refractivity contribution in [3.05, 3.63) is 35.9 Å². The molecule has 0 radical (unpaired) electrons. The van der Waals surface area contributed by atoms with Crippen LogP contribution in [0.25, 0.3) is 0 Å². The topological polar surface area (TPSA) is 55.1 Å². The third-order valence-corrected chi connectivity index (χ3v) is 3.38. The summed E-state index contributed by atoms with van der Waals surface area (Å²) in [4.78, 5) is 12.0. The minimum Gasteiger partial charge on any atom is -0.354 e. The highest BCUT2D eigenvalue weighted by Crippen LogP contribution is 2.31. The lowest BCUT2D eigenvalue weighted by atomic mass is 9.92. The highest BCUT2D eigenvalue weighted by molar-refractivity contribution is 5.86. The molecule has 0 aliphatic heterocycles. The van der Waals surface area contributed by atoms with Crippen molar-refractivity contribution in [1.82, 2.24) is 5.32 Å². The second-order valence-electron chi connectivity index (χ2n) is 5.06. The molecule has 0 saturated heterocycles. The van der Waals surface area contributed by atoms with Crippen LogP contribution in [0, 0.1) is 5.92 Å². The molecular formula is C14H21ClN2O. The molecule has 1 aromatic rings. The number of hydrogen-bond donors (Lipinski definition) is 2. The molecule has 2 rings (SSSR count). The van der Waals surface area contributed by atoms with Gasteiger partial charge in [0.2, 0.25) is 5.91 Å². The van der Waals surface area contributed by atoms with Crippen molar-refractivity contribution in [3.63, 3.8) is 0 Å². The number of halogens is 1. The predicted molar refractivity (Wildman–Crippen MR) is 75.6 cm³/mol. The largest absolute Gasteiger partial charge is 0.354 e. The van der Waals surface area contributed by atoms with Crippen molar-refractivity contribution in [2.24, 2.45) is 11.7 Å². The van der Waals surface area contributed by atoms with E-state index >= 15 is 0 Å². The third-order valence-electron chi connectivity index (χ3n) is 3.38. The highest BCUT2D eigenvalue weighted by Gasteiger charge is 2.30. The number of hydrogen-bond acceptors (Lipinski definition) is 2. The molecule has 18 heavy (non-hydrogen) atoms. The van der Waals surface area contributed by atoms with Gasteiger partial charge in [-0.25, -0.2) is 0 Å². The van der Waals surface area contributed by atoms with Gasteiger partial charge in [0.1, 0.15) is 5.54 Å². The van der Waals surface area contributed by atoms with E-state index in [0.717, 1.165) is 24.4 Å². The van der Waals surface area contributed by atoms with E-state index in [1.165, 1.54) is 12.8 Å². The van der Waals surface area contributed by atoms with Gasteiger partial charge in [-0.15, -0.1) is 12.4 Å². The van der Waals surface area contributed by atoms with Crippen LogP contribution in [0.2, 0.25) is 0 Å². The Labute approximate surface area is 115 Å². The molecule has 0 bridgehead atoms. The lowest BCUT2D eigenvalue weighted by Gasteiger charge is -2.24. The predicted octanol–water partition coefficient (Wildman–Crippen LogP) is 2.20. The van der Waals surface area contributed by atoms with Crippen LogP contribution in [0.3, 0.4) is 0 Å². The van der Waals surface area contributed by atoms with Gasteiger partial charge >= 0.3 is 0 Å². The number of amides is 1. The number of carbonyl (C=O) groups is 1. The maximum Gasteiger partial charge on any atom is 0.244 e.